The van der Waals surface area contributed by atoms with Crippen molar-refractivity contribution in [1.29, 1.82) is 0 Å². The van der Waals surface area contributed by atoms with Crippen molar-refractivity contribution < 1.29 is 4.79 Å². The lowest BCUT2D eigenvalue weighted by Gasteiger charge is -2.06. The maximum Gasteiger partial charge on any atom is 0.259 e. The van der Waals surface area contributed by atoms with Crippen molar-refractivity contribution in [3.05, 3.63) is 82.8 Å². The quantitative estimate of drug-likeness (QED) is 0.455. The lowest BCUT2D eigenvalue weighted by atomic mass is 10.1. The number of fused-ring (bicyclic) bond motifs is 1. The molecule has 0 unspecified atom stereocenters. The number of allylic oxidation sites excluding steroid dienone is 1. The van der Waals surface area contributed by atoms with Crippen LogP contribution in [0, 0.1) is 0 Å². The van der Waals surface area contributed by atoms with Crippen molar-refractivity contribution >= 4 is 50.6 Å². The third-order valence-corrected chi connectivity index (χ3v) is 4.12. The molecule has 0 aliphatic rings. The van der Waals surface area contributed by atoms with Crippen LogP contribution in [0.25, 0.3) is 16.8 Å². The first kappa shape index (κ1) is 17.9. The number of hydrogen-bond acceptors (Lipinski definition) is 3. The number of hydrogen-bond donors (Lipinski definition) is 2. The summed E-state index contributed by atoms with van der Waals surface area (Å²) in [5.41, 5.74) is 4.45. The zero-order valence-electron chi connectivity index (χ0n) is 14.0. The topological polar surface area (TPSA) is 53.5 Å². The average molecular weight is 408 g/mol. The second-order valence-corrected chi connectivity index (χ2v) is 6.56. The predicted octanol–water partition coefficient (Wildman–Crippen LogP) is 4.79. The van der Waals surface area contributed by atoms with Crippen LogP contribution in [0.3, 0.4) is 0 Å². The second-order valence-electron chi connectivity index (χ2n) is 5.65. The molecule has 0 aliphatic carbocycles. The molecule has 3 aromatic carbocycles. The van der Waals surface area contributed by atoms with Gasteiger partial charge in [0.15, 0.2) is 0 Å². The summed E-state index contributed by atoms with van der Waals surface area (Å²) in [6, 6.07) is 24.0. The normalized spacial score (nSPS) is 11.7. The number of halogens is 1. The van der Waals surface area contributed by atoms with Crippen LogP contribution in [0.15, 0.2) is 82.4 Å². The summed E-state index contributed by atoms with van der Waals surface area (Å²) in [5, 5.41) is 9.35. The number of amides is 1. The molecule has 3 aromatic rings. The van der Waals surface area contributed by atoms with Gasteiger partial charge in [-0.15, -0.1) is 0 Å². The standard InChI is InChI=1S/C21H18BrN3O/c22-19(12-16-6-2-1-3-7-16)14-24-25-21(26)15-23-20-11-10-17-8-4-5-9-18(17)13-20/h1-14,23H,15H2,(H,25,26). The highest BCUT2D eigenvalue weighted by Crippen LogP contribution is 2.18. The first-order valence-corrected chi connectivity index (χ1v) is 8.97. The van der Waals surface area contributed by atoms with Crippen LogP contribution in [0.1, 0.15) is 5.56 Å². The molecule has 4 nitrogen and oxygen atoms in total. The Morgan fingerprint density at radius 2 is 1.69 bits per heavy atom. The average Bonchev–Trinajstić information content (AvgIpc) is 2.67. The first-order chi connectivity index (χ1) is 12.7. The third-order valence-electron chi connectivity index (χ3n) is 3.68. The Bertz CT molecular complexity index is 952. The van der Waals surface area contributed by atoms with Gasteiger partial charge in [-0.2, -0.15) is 5.10 Å². The van der Waals surface area contributed by atoms with Crippen molar-refractivity contribution in [2.45, 2.75) is 0 Å². The molecule has 1 amide bonds. The molecule has 26 heavy (non-hydrogen) atoms. The summed E-state index contributed by atoms with van der Waals surface area (Å²) < 4.78 is 0.770. The van der Waals surface area contributed by atoms with E-state index in [1.165, 1.54) is 5.39 Å². The highest BCUT2D eigenvalue weighted by molar-refractivity contribution is 9.12. The van der Waals surface area contributed by atoms with Crippen LogP contribution in [0.5, 0.6) is 0 Å². The van der Waals surface area contributed by atoms with E-state index in [0.29, 0.717) is 0 Å². The fraction of sp³-hybridized carbons (Fsp3) is 0.0476. The number of rotatable bonds is 6. The fourth-order valence-corrected chi connectivity index (χ4v) is 2.80. The van der Waals surface area contributed by atoms with Gasteiger partial charge in [0.1, 0.15) is 0 Å². The van der Waals surface area contributed by atoms with Crippen LogP contribution in [-0.2, 0) is 4.79 Å². The number of nitrogens with zero attached hydrogens (tertiary/aromatic N) is 1. The Kier molecular flexibility index (Phi) is 6.17. The molecule has 130 valence electrons. The van der Waals surface area contributed by atoms with Gasteiger partial charge in [-0.1, -0.05) is 60.7 Å². The van der Waals surface area contributed by atoms with E-state index in [9.17, 15) is 4.79 Å². The molecular weight excluding hydrogens is 390 g/mol. The van der Waals surface area contributed by atoms with Gasteiger partial charge in [0, 0.05) is 10.2 Å². The number of anilines is 1. The molecule has 2 N–H and O–H groups in total. The lowest BCUT2D eigenvalue weighted by Crippen LogP contribution is -2.25. The Hall–Kier alpha value is -2.92. The molecule has 0 radical (unpaired) electrons. The highest BCUT2D eigenvalue weighted by atomic mass is 79.9. The monoisotopic (exact) mass is 407 g/mol. The number of carbonyl (C=O) groups is 1. The van der Waals surface area contributed by atoms with Gasteiger partial charge >= 0.3 is 0 Å². The van der Waals surface area contributed by atoms with Crippen LogP contribution >= 0.6 is 15.9 Å². The van der Waals surface area contributed by atoms with Crippen molar-refractivity contribution in [3.8, 4) is 0 Å². The summed E-state index contributed by atoms with van der Waals surface area (Å²) in [7, 11) is 0. The van der Waals surface area contributed by atoms with Crippen molar-refractivity contribution in [3.63, 3.8) is 0 Å². The van der Waals surface area contributed by atoms with E-state index in [-0.39, 0.29) is 12.5 Å². The van der Waals surface area contributed by atoms with E-state index < -0.39 is 0 Å². The number of benzene rings is 3. The first-order valence-electron chi connectivity index (χ1n) is 8.17. The fourth-order valence-electron chi connectivity index (χ4n) is 2.43. The van der Waals surface area contributed by atoms with Crippen LogP contribution < -0.4 is 10.7 Å². The smallest absolute Gasteiger partial charge is 0.259 e. The van der Waals surface area contributed by atoms with Gasteiger partial charge in [0.25, 0.3) is 5.91 Å². The van der Waals surface area contributed by atoms with E-state index in [4.69, 9.17) is 0 Å². The summed E-state index contributed by atoms with van der Waals surface area (Å²) >= 11 is 3.41. The predicted molar refractivity (Wildman–Crippen MR) is 112 cm³/mol. The SMILES string of the molecule is O=C(CNc1ccc2ccccc2c1)NN=CC(Br)=Cc1ccccc1. The van der Waals surface area contributed by atoms with E-state index in [0.717, 1.165) is 21.1 Å². The van der Waals surface area contributed by atoms with Crippen molar-refractivity contribution in [1.82, 2.24) is 5.43 Å². The van der Waals surface area contributed by atoms with E-state index in [1.54, 1.807) is 6.21 Å². The molecule has 0 aliphatic heterocycles. The second kappa shape index (κ2) is 8.97. The summed E-state index contributed by atoms with van der Waals surface area (Å²) in [6.45, 7) is 0.149. The highest BCUT2D eigenvalue weighted by Gasteiger charge is 2.00. The van der Waals surface area contributed by atoms with E-state index in [2.05, 4.69) is 37.8 Å². The number of nitrogens with one attached hydrogen (secondary N) is 2. The van der Waals surface area contributed by atoms with Gasteiger partial charge in [0.2, 0.25) is 0 Å². The minimum absolute atomic E-state index is 0.149. The zero-order chi connectivity index (χ0) is 18.2. The van der Waals surface area contributed by atoms with Crippen LogP contribution in [-0.4, -0.2) is 18.7 Å². The molecular formula is C21H18BrN3O. The minimum Gasteiger partial charge on any atom is -0.376 e. The molecule has 0 saturated heterocycles. The third kappa shape index (κ3) is 5.29. The Morgan fingerprint density at radius 3 is 2.50 bits per heavy atom. The maximum atomic E-state index is 11.9. The molecule has 0 fully saturated rings. The van der Waals surface area contributed by atoms with Gasteiger partial charge in [-0.25, -0.2) is 5.43 Å². The molecule has 0 aromatic heterocycles. The van der Waals surface area contributed by atoms with Crippen molar-refractivity contribution in [2.24, 2.45) is 5.10 Å². The van der Waals surface area contributed by atoms with Crippen LogP contribution in [0.2, 0.25) is 0 Å². The Morgan fingerprint density at radius 1 is 0.962 bits per heavy atom. The van der Waals surface area contributed by atoms with Crippen LogP contribution in [0.4, 0.5) is 5.69 Å². The summed E-state index contributed by atoms with van der Waals surface area (Å²) in [4.78, 5) is 11.9. The number of carbonyl (C=O) groups excluding carboxylic acids is 1. The molecule has 0 spiro atoms. The molecule has 0 heterocycles. The molecule has 3 rings (SSSR count). The zero-order valence-corrected chi connectivity index (χ0v) is 15.6. The van der Waals surface area contributed by atoms with E-state index >= 15 is 0 Å². The largest absolute Gasteiger partial charge is 0.376 e. The van der Waals surface area contributed by atoms with Gasteiger partial charge in [-0.3, -0.25) is 4.79 Å². The molecule has 0 saturated carbocycles. The van der Waals surface area contributed by atoms with Gasteiger partial charge < -0.3 is 5.32 Å². The lowest BCUT2D eigenvalue weighted by molar-refractivity contribution is -0.119. The minimum atomic E-state index is -0.214. The molecule has 0 bridgehead atoms. The molecule has 0 atom stereocenters. The maximum absolute atomic E-state index is 11.9. The Labute approximate surface area is 160 Å². The summed E-state index contributed by atoms with van der Waals surface area (Å²) in [5.74, 6) is -0.214. The Balaban J connectivity index is 1.49. The van der Waals surface area contributed by atoms with Crippen molar-refractivity contribution in [2.75, 3.05) is 11.9 Å². The van der Waals surface area contributed by atoms with Gasteiger partial charge in [0.05, 0.1) is 12.8 Å². The summed E-state index contributed by atoms with van der Waals surface area (Å²) in [6.07, 6.45) is 3.48. The van der Waals surface area contributed by atoms with Gasteiger partial charge in [-0.05, 0) is 50.5 Å². The number of hydrazone groups is 1. The molecule has 5 heteroatoms. The van der Waals surface area contributed by atoms with E-state index in [1.807, 2.05) is 72.8 Å².